The molecule has 0 saturated heterocycles. The molecule has 0 unspecified atom stereocenters. The van der Waals surface area contributed by atoms with Gasteiger partial charge in [0.1, 0.15) is 0 Å². The van der Waals surface area contributed by atoms with Gasteiger partial charge in [0, 0.05) is 20.2 Å². The smallest absolute Gasteiger partial charge is 0.475 e. The van der Waals surface area contributed by atoms with Crippen LogP contribution in [0.2, 0.25) is 18.1 Å². The average molecular weight is 332 g/mol. The molecule has 0 radical (unpaired) electrons. The largest absolute Gasteiger partial charge is 0.490 e. The topological polar surface area (TPSA) is 75.8 Å². The second-order valence-electron chi connectivity index (χ2n) is 6.25. The van der Waals surface area contributed by atoms with Gasteiger partial charge in [0.25, 0.3) is 0 Å². The Bertz CT molecular complexity index is 316. The Morgan fingerprint density at radius 2 is 1.67 bits per heavy atom. The van der Waals surface area contributed by atoms with E-state index in [1.807, 2.05) is 7.05 Å². The monoisotopic (exact) mass is 332 g/mol. The number of alkyl halides is 3. The van der Waals surface area contributed by atoms with Crippen molar-refractivity contribution in [3.8, 4) is 0 Å². The van der Waals surface area contributed by atoms with Gasteiger partial charge in [-0.05, 0) is 24.6 Å². The minimum absolute atomic E-state index is 0.307. The maximum Gasteiger partial charge on any atom is 0.490 e. The summed E-state index contributed by atoms with van der Waals surface area (Å²) in [5.74, 6) is 2.76. The lowest BCUT2D eigenvalue weighted by Crippen LogP contribution is -2.41. The summed E-state index contributed by atoms with van der Waals surface area (Å²) in [6.45, 7) is 13.1. The van der Waals surface area contributed by atoms with Gasteiger partial charge in [-0.2, -0.15) is 13.2 Å². The highest BCUT2D eigenvalue weighted by atomic mass is 28.4. The maximum atomic E-state index is 10.6. The number of rotatable bonds is 5. The molecule has 0 atom stereocenters. The third-order valence-corrected chi connectivity index (χ3v) is 7.70. The lowest BCUT2D eigenvalue weighted by molar-refractivity contribution is -0.192. The van der Waals surface area contributed by atoms with Crippen LogP contribution in [0.5, 0.6) is 0 Å². The number of hydrazine groups is 1. The molecule has 0 bridgehead atoms. The molecule has 0 aliphatic carbocycles. The lowest BCUT2D eigenvalue weighted by atomic mass is 10.2. The highest BCUT2D eigenvalue weighted by Gasteiger charge is 2.38. The molecule has 0 amide bonds. The van der Waals surface area contributed by atoms with Gasteiger partial charge in [0.2, 0.25) is 0 Å². The van der Waals surface area contributed by atoms with E-state index in [4.69, 9.17) is 20.2 Å². The van der Waals surface area contributed by atoms with Crippen molar-refractivity contribution >= 4 is 14.3 Å². The fourth-order valence-corrected chi connectivity index (χ4v) is 1.95. The van der Waals surface area contributed by atoms with Crippen LogP contribution in [0.4, 0.5) is 13.2 Å². The molecule has 0 rings (SSSR count). The van der Waals surface area contributed by atoms with Crippen LogP contribution >= 0.6 is 0 Å². The van der Waals surface area contributed by atoms with Crippen LogP contribution in [0.3, 0.4) is 0 Å². The van der Waals surface area contributed by atoms with E-state index in [0.717, 1.165) is 19.6 Å². The van der Waals surface area contributed by atoms with E-state index in [-0.39, 0.29) is 0 Å². The zero-order valence-corrected chi connectivity index (χ0v) is 14.5. The van der Waals surface area contributed by atoms with E-state index in [9.17, 15) is 13.2 Å². The van der Waals surface area contributed by atoms with E-state index in [1.165, 1.54) is 0 Å². The lowest BCUT2D eigenvalue weighted by Gasteiger charge is -2.36. The fourth-order valence-electron chi connectivity index (χ4n) is 0.858. The average Bonchev–Trinajstić information content (AvgIpc) is 2.22. The van der Waals surface area contributed by atoms with Gasteiger partial charge in [-0.1, -0.05) is 20.8 Å². The number of nitrogens with zero attached hydrogens (tertiary/aromatic N) is 1. The second kappa shape index (κ2) is 8.72. The predicted octanol–water partition coefficient (Wildman–Crippen LogP) is 2.84. The van der Waals surface area contributed by atoms with Gasteiger partial charge >= 0.3 is 12.1 Å². The van der Waals surface area contributed by atoms with Crippen LogP contribution in [-0.2, 0) is 9.22 Å². The molecule has 3 N–H and O–H groups in total. The fraction of sp³-hybridized carbons (Fsp3) is 0.917. The van der Waals surface area contributed by atoms with Crippen molar-refractivity contribution in [1.82, 2.24) is 5.01 Å². The van der Waals surface area contributed by atoms with Gasteiger partial charge in [-0.3, -0.25) is 10.9 Å². The summed E-state index contributed by atoms with van der Waals surface area (Å²) in [5.41, 5.74) is 0. The van der Waals surface area contributed by atoms with Crippen molar-refractivity contribution in [3.63, 3.8) is 0 Å². The Kier molecular flexibility index (Phi) is 9.39. The van der Waals surface area contributed by atoms with Gasteiger partial charge in [0.05, 0.1) is 0 Å². The van der Waals surface area contributed by atoms with Gasteiger partial charge < -0.3 is 9.53 Å². The summed E-state index contributed by atoms with van der Waals surface area (Å²) in [6, 6.07) is 0. The highest BCUT2D eigenvalue weighted by molar-refractivity contribution is 6.74. The first-order valence-electron chi connectivity index (χ1n) is 6.51. The Morgan fingerprint density at radius 3 is 1.90 bits per heavy atom. The van der Waals surface area contributed by atoms with Crippen LogP contribution in [0.25, 0.3) is 0 Å². The summed E-state index contributed by atoms with van der Waals surface area (Å²) in [4.78, 5) is 8.90. The van der Waals surface area contributed by atoms with Crippen molar-refractivity contribution in [2.24, 2.45) is 5.84 Å². The van der Waals surface area contributed by atoms with Crippen molar-refractivity contribution in [1.29, 1.82) is 0 Å². The minimum atomic E-state index is -5.08. The standard InChI is InChI=1S/C10H26N2OSi.C2HF3O2/c1-10(2,3)14(5,6)13-9-7-8-12(4)11;3-2(4,5)1(6)7/h7-9,11H2,1-6H3;(H,6,7). The highest BCUT2D eigenvalue weighted by Crippen LogP contribution is 2.36. The van der Waals surface area contributed by atoms with E-state index in [0.29, 0.717) is 5.04 Å². The molecule has 5 nitrogen and oxygen atoms in total. The van der Waals surface area contributed by atoms with Crippen LogP contribution in [0.1, 0.15) is 27.2 Å². The number of hydrogen-bond acceptors (Lipinski definition) is 4. The van der Waals surface area contributed by atoms with Gasteiger partial charge in [0.15, 0.2) is 8.32 Å². The number of aliphatic carboxylic acids is 1. The molecule has 0 aliphatic rings. The normalized spacial score (nSPS) is 12.9. The quantitative estimate of drug-likeness (QED) is 0.350. The van der Waals surface area contributed by atoms with Crippen LogP contribution < -0.4 is 5.84 Å². The summed E-state index contributed by atoms with van der Waals surface area (Å²) >= 11 is 0. The number of nitrogens with two attached hydrogens (primary N) is 1. The Labute approximate surface area is 125 Å². The van der Waals surface area contributed by atoms with E-state index < -0.39 is 20.5 Å². The van der Waals surface area contributed by atoms with Crippen molar-refractivity contribution in [2.75, 3.05) is 20.2 Å². The summed E-state index contributed by atoms with van der Waals surface area (Å²) in [5, 5.41) is 9.14. The zero-order valence-electron chi connectivity index (χ0n) is 13.5. The van der Waals surface area contributed by atoms with Gasteiger partial charge in [-0.15, -0.1) is 0 Å². The molecular formula is C12H27F3N2O3Si. The molecule has 0 saturated carbocycles. The third kappa shape index (κ3) is 11.7. The molecule has 0 heterocycles. The second-order valence-corrected chi connectivity index (χ2v) is 11.1. The first kappa shape index (κ1) is 22.6. The van der Waals surface area contributed by atoms with Crippen molar-refractivity contribution in [3.05, 3.63) is 0 Å². The SMILES string of the molecule is CN(N)CCCO[Si](C)(C)C(C)(C)C.O=C(O)C(F)(F)F. The van der Waals surface area contributed by atoms with E-state index >= 15 is 0 Å². The van der Waals surface area contributed by atoms with E-state index in [1.54, 1.807) is 5.01 Å². The number of halogens is 3. The maximum absolute atomic E-state index is 10.6. The molecule has 128 valence electrons. The third-order valence-electron chi connectivity index (χ3n) is 3.17. The predicted molar refractivity (Wildman–Crippen MR) is 78.3 cm³/mol. The van der Waals surface area contributed by atoms with Crippen LogP contribution in [-0.4, -0.2) is 50.8 Å². The number of carboxylic acid groups (broad SMARTS) is 1. The summed E-state index contributed by atoms with van der Waals surface area (Å²) in [7, 11) is 0.345. The molecule has 0 aromatic rings. The molecule has 0 aliphatic heterocycles. The zero-order chi connectivity index (χ0) is 17.5. The van der Waals surface area contributed by atoms with Crippen molar-refractivity contribution < 1.29 is 27.5 Å². The summed E-state index contributed by atoms with van der Waals surface area (Å²) < 4.78 is 37.7. The molecule has 0 fully saturated rings. The molecule has 9 heteroatoms. The first-order chi connectivity index (χ1) is 9.11. The van der Waals surface area contributed by atoms with E-state index in [2.05, 4.69) is 33.9 Å². The number of carbonyl (C=O) groups is 1. The summed E-state index contributed by atoms with van der Waals surface area (Å²) in [6.07, 6.45) is -4.07. The Morgan fingerprint density at radius 1 is 1.29 bits per heavy atom. The Hall–Kier alpha value is -0.643. The minimum Gasteiger partial charge on any atom is -0.475 e. The Balaban J connectivity index is 0. The molecule has 21 heavy (non-hydrogen) atoms. The first-order valence-corrected chi connectivity index (χ1v) is 9.42. The van der Waals surface area contributed by atoms with Gasteiger partial charge in [-0.25, -0.2) is 4.79 Å². The number of hydrogen-bond donors (Lipinski definition) is 2. The molecule has 0 spiro atoms. The van der Waals surface area contributed by atoms with Crippen LogP contribution in [0.15, 0.2) is 0 Å². The molecule has 0 aromatic heterocycles. The van der Waals surface area contributed by atoms with Crippen LogP contribution in [0, 0.1) is 0 Å². The molecule has 0 aromatic carbocycles. The van der Waals surface area contributed by atoms with Crippen molar-refractivity contribution in [2.45, 2.75) is 51.5 Å². The number of carboxylic acids is 1. The molecular weight excluding hydrogens is 305 g/mol.